The summed E-state index contributed by atoms with van der Waals surface area (Å²) in [6, 6.07) is -0.183. The molecule has 0 heterocycles. The summed E-state index contributed by atoms with van der Waals surface area (Å²) in [6.07, 6.45) is 2.92. The van der Waals surface area contributed by atoms with Gasteiger partial charge in [-0.1, -0.05) is 54.6 Å². The van der Waals surface area contributed by atoms with Crippen LogP contribution in [-0.2, 0) is 9.22 Å². The van der Waals surface area contributed by atoms with Gasteiger partial charge in [0.25, 0.3) is 8.32 Å². The first-order valence-electron chi connectivity index (χ1n) is 8.54. The van der Waals surface area contributed by atoms with Crippen LogP contribution in [0, 0.1) is 0 Å². The Labute approximate surface area is 150 Å². The quantitative estimate of drug-likeness (QED) is 0.615. The summed E-state index contributed by atoms with van der Waals surface area (Å²) in [6.45, 7) is 22.2. The summed E-state index contributed by atoms with van der Waals surface area (Å²) in [7, 11) is -3.82. The van der Waals surface area contributed by atoms with Gasteiger partial charge in [0.15, 0.2) is 0 Å². The number of carbonyl (C=O) groups is 1. The van der Waals surface area contributed by atoms with Gasteiger partial charge >= 0.3 is 5.97 Å². The van der Waals surface area contributed by atoms with Crippen LogP contribution in [0.1, 0.15) is 48.0 Å². The smallest absolute Gasteiger partial charge is 0.309 e. The molecule has 0 aromatic heterocycles. The van der Waals surface area contributed by atoms with Crippen LogP contribution in [0.2, 0.25) is 36.3 Å². The van der Waals surface area contributed by atoms with E-state index in [0.717, 1.165) is 12.2 Å². The molecule has 1 atom stereocenters. The first-order valence-corrected chi connectivity index (χ1v) is 15.8. The minimum atomic E-state index is -2.07. The van der Waals surface area contributed by atoms with E-state index < -0.39 is 16.6 Å². The first kappa shape index (κ1) is 23.2. The van der Waals surface area contributed by atoms with E-state index in [1.807, 2.05) is 0 Å². The van der Waals surface area contributed by atoms with Gasteiger partial charge < -0.3 is 9.41 Å². The van der Waals surface area contributed by atoms with E-state index in [2.05, 4.69) is 79.0 Å². The highest BCUT2D eigenvalue weighted by molar-refractivity contribution is 7.98. The van der Waals surface area contributed by atoms with Crippen LogP contribution in [0.3, 0.4) is 0 Å². The van der Waals surface area contributed by atoms with Gasteiger partial charge in [0.2, 0.25) is 0 Å². The molecule has 0 bridgehead atoms. The van der Waals surface area contributed by atoms with E-state index in [1.54, 1.807) is 11.8 Å². The van der Waals surface area contributed by atoms with Gasteiger partial charge in [-0.15, -0.1) is 0 Å². The average Bonchev–Trinajstić information content (AvgIpc) is 2.30. The van der Waals surface area contributed by atoms with E-state index in [4.69, 9.17) is 4.43 Å². The molecular formula is C17H39NO2SSi2. The topological polar surface area (TPSA) is 38.3 Å². The Hall–Kier alpha value is 0.214. The predicted molar refractivity (Wildman–Crippen MR) is 110 cm³/mol. The van der Waals surface area contributed by atoms with E-state index in [9.17, 15) is 4.79 Å². The van der Waals surface area contributed by atoms with Crippen molar-refractivity contribution in [2.75, 3.05) is 12.0 Å². The van der Waals surface area contributed by atoms with E-state index >= 15 is 0 Å². The zero-order valence-electron chi connectivity index (χ0n) is 17.2. The highest BCUT2D eigenvalue weighted by atomic mass is 32.2. The molecule has 0 aromatic rings. The monoisotopic (exact) mass is 377 g/mol. The molecule has 0 rings (SSSR count). The molecule has 0 amide bonds. The molecule has 0 aromatic carbocycles. The number of thioether (sulfide) groups is 1. The van der Waals surface area contributed by atoms with Crippen molar-refractivity contribution in [3.8, 4) is 0 Å². The SMILES string of the molecule is CSCCC(N[Si](C)(C)C(C)(C)C)C(=O)O[Si](C)(C)C(C)(C)C. The second-order valence-electron chi connectivity index (χ2n) is 9.53. The number of nitrogens with one attached hydrogen (secondary N) is 1. The van der Waals surface area contributed by atoms with Crippen LogP contribution < -0.4 is 4.98 Å². The molecule has 6 heteroatoms. The highest BCUT2D eigenvalue weighted by Gasteiger charge is 2.43. The lowest BCUT2D eigenvalue weighted by Crippen LogP contribution is -2.60. The van der Waals surface area contributed by atoms with E-state index in [1.165, 1.54) is 0 Å². The van der Waals surface area contributed by atoms with Crippen molar-refractivity contribution < 1.29 is 9.22 Å². The molecule has 0 aliphatic rings. The van der Waals surface area contributed by atoms with E-state index in [0.29, 0.717) is 0 Å². The molecule has 1 N–H and O–H groups in total. The lowest BCUT2D eigenvalue weighted by Gasteiger charge is -2.41. The van der Waals surface area contributed by atoms with Gasteiger partial charge in [-0.25, -0.2) is 0 Å². The maximum absolute atomic E-state index is 12.9. The summed E-state index contributed by atoms with van der Waals surface area (Å²) in [5, 5.41) is 0.242. The third-order valence-corrected chi connectivity index (χ3v) is 15.3. The van der Waals surface area contributed by atoms with Crippen molar-refractivity contribution in [3.63, 3.8) is 0 Å². The van der Waals surface area contributed by atoms with Gasteiger partial charge in [0.1, 0.15) is 8.24 Å². The van der Waals surface area contributed by atoms with Crippen LogP contribution in [0.4, 0.5) is 0 Å². The standard InChI is InChI=1S/C17H39NO2SSi2/c1-16(2,3)22(8,9)18-14(12-13-21-7)15(19)20-23(10,11)17(4,5)6/h14,18H,12-13H2,1-11H3. The Morgan fingerprint density at radius 3 is 1.87 bits per heavy atom. The number of carbonyl (C=O) groups excluding carboxylic acids is 1. The molecule has 23 heavy (non-hydrogen) atoms. The molecular weight excluding hydrogens is 338 g/mol. The fraction of sp³-hybridized carbons (Fsp3) is 0.941. The summed E-state index contributed by atoms with van der Waals surface area (Å²) < 4.78 is 6.07. The number of hydrogen-bond donors (Lipinski definition) is 1. The Morgan fingerprint density at radius 2 is 1.52 bits per heavy atom. The molecule has 0 aliphatic heterocycles. The number of rotatable bonds is 7. The molecule has 3 nitrogen and oxygen atoms in total. The maximum Gasteiger partial charge on any atom is 0.309 e. The molecule has 0 spiro atoms. The lowest BCUT2D eigenvalue weighted by atomic mass is 10.2. The van der Waals surface area contributed by atoms with Gasteiger partial charge in [-0.05, 0) is 41.6 Å². The first-order chi connectivity index (χ1) is 10.0. The van der Waals surface area contributed by atoms with Crippen LogP contribution in [0.25, 0.3) is 0 Å². The fourth-order valence-electron chi connectivity index (χ4n) is 1.61. The van der Waals surface area contributed by atoms with Crippen molar-refractivity contribution in [1.29, 1.82) is 0 Å². The predicted octanol–water partition coefficient (Wildman–Crippen LogP) is 5.25. The van der Waals surface area contributed by atoms with Crippen molar-refractivity contribution in [2.45, 2.75) is 90.3 Å². The third-order valence-electron chi connectivity index (χ3n) is 5.47. The summed E-state index contributed by atoms with van der Waals surface area (Å²) in [5.41, 5.74) is 0. The van der Waals surface area contributed by atoms with Crippen LogP contribution in [-0.4, -0.2) is 40.6 Å². The maximum atomic E-state index is 12.9. The lowest BCUT2D eigenvalue weighted by molar-refractivity contribution is -0.137. The Morgan fingerprint density at radius 1 is 1.04 bits per heavy atom. The van der Waals surface area contributed by atoms with Gasteiger partial charge in [0, 0.05) is 0 Å². The molecule has 138 valence electrons. The van der Waals surface area contributed by atoms with Crippen LogP contribution >= 0.6 is 11.8 Å². The zero-order chi connectivity index (χ0) is 18.7. The second kappa shape index (κ2) is 8.06. The largest absolute Gasteiger partial charge is 0.518 e. The molecule has 0 fully saturated rings. The normalized spacial score (nSPS) is 15.4. The Balaban J connectivity index is 5.22. The number of hydrogen-bond acceptors (Lipinski definition) is 4. The average molecular weight is 378 g/mol. The van der Waals surface area contributed by atoms with Crippen LogP contribution in [0.5, 0.6) is 0 Å². The van der Waals surface area contributed by atoms with Gasteiger partial charge in [0.05, 0.1) is 6.04 Å². The minimum Gasteiger partial charge on any atom is -0.518 e. The summed E-state index contributed by atoms with van der Waals surface area (Å²) >= 11 is 1.78. The van der Waals surface area contributed by atoms with Crippen molar-refractivity contribution in [1.82, 2.24) is 4.98 Å². The molecule has 0 aliphatic carbocycles. The van der Waals surface area contributed by atoms with Crippen molar-refractivity contribution in [3.05, 3.63) is 0 Å². The molecule has 0 radical (unpaired) electrons. The summed E-state index contributed by atoms with van der Waals surface area (Å²) in [5.74, 6) is 0.925. The second-order valence-corrected chi connectivity index (χ2v) is 20.3. The summed E-state index contributed by atoms with van der Waals surface area (Å²) in [4.78, 5) is 16.6. The highest BCUT2D eigenvalue weighted by Crippen LogP contribution is 2.37. The zero-order valence-corrected chi connectivity index (χ0v) is 20.0. The third kappa shape index (κ3) is 6.92. The molecule has 1 unspecified atom stereocenters. The molecule has 0 saturated heterocycles. The van der Waals surface area contributed by atoms with Crippen molar-refractivity contribution in [2.24, 2.45) is 0 Å². The molecule has 0 saturated carbocycles. The van der Waals surface area contributed by atoms with E-state index in [-0.39, 0.29) is 22.1 Å². The van der Waals surface area contributed by atoms with Gasteiger partial charge in [-0.3, -0.25) is 4.79 Å². The van der Waals surface area contributed by atoms with Crippen molar-refractivity contribution >= 4 is 34.3 Å². The minimum absolute atomic E-state index is 0.0453. The Kier molecular flexibility index (Phi) is 8.14. The fourth-order valence-corrected chi connectivity index (χ4v) is 4.60. The van der Waals surface area contributed by atoms with Crippen LogP contribution in [0.15, 0.2) is 0 Å². The Bertz CT molecular complexity index is 398. The van der Waals surface area contributed by atoms with Gasteiger partial charge in [-0.2, -0.15) is 11.8 Å².